The summed E-state index contributed by atoms with van der Waals surface area (Å²) in [4.78, 5) is 4.33. The molecule has 6 heteroatoms. The lowest BCUT2D eigenvalue weighted by atomic mass is 9.79. The van der Waals surface area contributed by atoms with E-state index in [1.165, 1.54) is 0 Å². The van der Waals surface area contributed by atoms with Crippen molar-refractivity contribution in [3.8, 4) is 0 Å². The second kappa shape index (κ2) is 7.51. The molecule has 0 unspecified atom stereocenters. The van der Waals surface area contributed by atoms with E-state index in [1.807, 2.05) is 38.1 Å². The highest BCUT2D eigenvalue weighted by atomic mass is 16.3. The van der Waals surface area contributed by atoms with Crippen LogP contribution in [0.4, 0.5) is 0 Å². The van der Waals surface area contributed by atoms with Gasteiger partial charge in [-0.25, -0.2) is 4.98 Å². The SMILES string of the molecule is C=C(/N=N\C(=C/C)c1ccc2nc(C)oc2c1)NC1CC(C)(C)NC(C)(C)C1. The lowest BCUT2D eigenvalue weighted by molar-refractivity contribution is 0.151. The Balaban J connectivity index is 1.69. The molecule has 2 N–H and O–H groups in total. The minimum absolute atomic E-state index is 0.0654. The topological polar surface area (TPSA) is 74.8 Å². The highest BCUT2D eigenvalue weighted by Crippen LogP contribution is 2.29. The molecular formula is C22H31N5O. The minimum Gasteiger partial charge on any atom is -0.441 e. The van der Waals surface area contributed by atoms with Gasteiger partial charge in [0.1, 0.15) is 11.3 Å². The third kappa shape index (κ3) is 4.87. The molecule has 1 aliphatic heterocycles. The number of hydrogen-bond acceptors (Lipinski definition) is 6. The standard InChI is InChI=1S/C22H31N5O/c1-8-18(16-9-10-19-20(11-16)28-15(3)24-19)26-25-14(2)23-17-12-21(4,5)27-22(6,7)13-17/h8-11,17,23,27H,2,12-13H2,1,3-7H3/b18-8-,26-25-. The second-order valence-electron chi connectivity index (χ2n) is 8.88. The summed E-state index contributed by atoms with van der Waals surface area (Å²) in [5.74, 6) is 1.23. The largest absolute Gasteiger partial charge is 0.441 e. The van der Waals surface area contributed by atoms with Gasteiger partial charge in [-0.2, -0.15) is 0 Å². The number of piperidine rings is 1. The van der Waals surface area contributed by atoms with Crippen LogP contribution in [0.2, 0.25) is 0 Å². The van der Waals surface area contributed by atoms with E-state index in [0.717, 1.165) is 35.2 Å². The number of oxazole rings is 1. The van der Waals surface area contributed by atoms with Crippen LogP contribution in [0.15, 0.2) is 51.3 Å². The number of nitrogens with one attached hydrogen (secondary N) is 2. The predicted molar refractivity (Wildman–Crippen MR) is 114 cm³/mol. The first-order valence-electron chi connectivity index (χ1n) is 9.77. The molecule has 0 radical (unpaired) electrons. The van der Waals surface area contributed by atoms with Gasteiger partial charge >= 0.3 is 0 Å². The fraction of sp³-hybridized carbons (Fsp3) is 0.500. The van der Waals surface area contributed by atoms with Crippen LogP contribution >= 0.6 is 0 Å². The highest BCUT2D eigenvalue weighted by Gasteiger charge is 2.37. The zero-order valence-corrected chi connectivity index (χ0v) is 17.8. The fourth-order valence-corrected chi connectivity index (χ4v) is 4.28. The maximum Gasteiger partial charge on any atom is 0.192 e. The van der Waals surface area contributed by atoms with Crippen molar-refractivity contribution in [1.29, 1.82) is 0 Å². The van der Waals surface area contributed by atoms with E-state index in [0.29, 0.717) is 17.8 Å². The van der Waals surface area contributed by atoms with Crippen molar-refractivity contribution < 1.29 is 4.42 Å². The number of nitrogens with zero attached hydrogens (tertiary/aromatic N) is 3. The van der Waals surface area contributed by atoms with Crippen molar-refractivity contribution in [3.63, 3.8) is 0 Å². The van der Waals surface area contributed by atoms with Crippen LogP contribution in [0.3, 0.4) is 0 Å². The summed E-state index contributed by atoms with van der Waals surface area (Å²) in [6, 6.07) is 6.16. The Morgan fingerprint density at radius 1 is 1.25 bits per heavy atom. The molecule has 3 rings (SSSR count). The monoisotopic (exact) mass is 381 g/mol. The molecule has 1 aliphatic rings. The van der Waals surface area contributed by atoms with Crippen LogP contribution in [-0.2, 0) is 0 Å². The molecule has 0 aliphatic carbocycles. The number of rotatable bonds is 5. The molecule has 1 saturated heterocycles. The van der Waals surface area contributed by atoms with Crippen molar-refractivity contribution in [3.05, 3.63) is 48.1 Å². The van der Waals surface area contributed by atoms with Gasteiger partial charge in [0.2, 0.25) is 0 Å². The van der Waals surface area contributed by atoms with E-state index in [9.17, 15) is 0 Å². The normalized spacial score (nSPS) is 20.0. The molecule has 2 heterocycles. The Hall–Kier alpha value is -2.47. The number of azo groups is 1. The Morgan fingerprint density at radius 2 is 1.93 bits per heavy atom. The number of benzene rings is 1. The summed E-state index contributed by atoms with van der Waals surface area (Å²) < 4.78 is 5.62. The second-order valence-corrected chi connectivity index (χ2v) is 8.88. The van der Waals surface area contributed by atoms with Crippen molar-refractivity contribution in [2.45, 2.75) is 71.5 Å². The maximum atomic E-state index is 5.62. The van der Waals surface area contributed by atoms with Crippen molar-refractivity contribution >= 4 is 16.8 Å². The van der Waals surface area contributed by atoms with Gasteiger partial charge in [0, 0.05) is 29.6 Å². The van der Waals surface area contributed by atoms with Crippen LogP contribution in [0.5, 0.6) is 0 Å². The van der Waals surface area contributed by atoms with Crippen molar-refractivity contribution in [1.82, 2.24) is 15.6 Å². The Labute approximate surface area is 167 Å². The zero-order chi connectivity index (χ0) is 20.5. The molecule has 1 aromatic carbocycles. The maximum absolute atomic E-state index is 5.62. The third-order valence-electron chi connectivity index (χ3n) is 4.90. The fourth-order valence-electron chi connectivity index (χ4n) is 4.28. The van der Waals surface area contributed by atoms with E-state index in [4.69, 9.17) is 4.42 Å². The number of aromatic nitrogens is 1. The van der Waals surface area contributed by atoms with Crippen LogP contribution in [0.25, 0.3) is 16.8 Å². The molecule has 150 valence electrons. The first kappa shape index (κ1) is 20.3. The van der Waals surface area contributed by atoms with Crippen LogP contribution in [0, 0.1) is 6.92 Å². The van der Waals surface area contributed by atoms with Gasteiger partial charge in [-0.15, -0.1) is 10.2 Å². The number of fused-ring (bicyclic) bond motifs is 1. The molecule has 1 aromatic heterocycles. The molecule has 28 heavy (non-hydrogen) atoms. The number of hydrogen-bond donors (Lipinski definition) is 2. The molecule has 1 fully saturated rings. The molecule has 2 aromatic rings. The molecular weight excluding hydrogens is 350 g/mol. The Kier molecular flexibility index (Phi) is 5.44. The van der Waals surface area contributed by atoms with Crippen molar-refractivity contribution in [2.24, 2.45) is 10.2 Å². The summed E-state index contributed by atoms with van der Waals surface area (Å²) in [5, 5.41) is 15.9. The molecule has 0 spiro atoms. The summed E-state index contributed by atoms with van der Waals surface area (Å²) >= 11 is 0. The third-order valence-corrected chi connectivity index (χ3v) is 4.90. The van der Waals surface area contributed by atoms with E-state index < -0.39 is 0 Å². The van der Waals surface area contributed by atoms with Gasteiger partial charge in [-0.05, 0) is 59.6 Å². The Morgan fingerprint density at radius 3 is 2.57 bits per heavy atom. The highest BCUT2D eigenvalue weighted by molar-refractivity contribution is 5.78. The van der Waals surface area contributed by atoms with Crippen LogP contribution in [0.1, 0.15) is 58.9 Å². The van der Waals surface area contributed by atoms with E-state index in [1.54, 1.807) is 0 Å². The van der Waals surface area contributed by atoms with Gasteiger partial charge in [0.05, 0.1) is 5.70 Å². The Bertz CT molecular complexity index is 920. The minimum atomic E-state index is 0.0654. The molecule has 6 nitrogen and oxygen atoms in total. The lowest BCUT2D eigenvalue weighted by Gasteiger charge is -2.46. The van der Waals surface area contributed by atoms with E-state index in [2.05, 4.69) is 60.1 Å². The molecule has 0 saturated carbocycles. The first-order valence-corrected chi connectivity index (χ1v) is 9.77. The summed E-state index contributed by atoms with van der Waals surface area (Å²) in [5.41, 5.74) is 3.43. The summed E-state index contributed by atoms with van der Waals surface area (Å²) in [6.07, 6.45) is 3.93. The predicted octanol–water partition coefficient (Wildman–Crippen LogP) is 5.32. The van der Waals surface area contributed by atoms with E-state index >= 15 is 0 Å². The first-order chi connectivity index (χ1) is 13.1. The average Bonchev–Trinajstić information content (AvgIpc) is 2.91. The smallest absolute Gasteiger partial charge is 0.192 e. The summed E-state index contributed by atoms with van der Waals surface area (Å²) in [7, 11) is 0. The van der Waals surface area contributed by atoms with Gasteiger partial charge in [0.25, 0.3) is 0 Å². The van der Waals surface area contributed by atoms with Gasteiger partial charge in [-0.3, -0.25) is 0 Å². The quantitative estimate of drug-likeness (QED) is 0.687. The van der Waals surface area contributed by atoms with E-state index in [-0.39, 0.29) is 11.1 Å². The number of aryl methyl sites for hydroxylation is 1. The van der Waals surface area contributed by atoms with Crippen molar-refractivity contribution in [2.75, 3.05) is 0 Å². The van der Waals surface area contributed by atoms with Gasteiger partial charge < -0.3 is 15.1 Å². The molecule has 0 bridgehead atoms. The zero-order valence-electron chi connectivity index (χ0n) is 17.8. The van der Waals surface area contributed by atoms with Crippen LogP contribution in [-0.4, -0.2) is 22.1 Å². The van der Waals surface area contributed by atoms with Gasteiger partial charge in [0.15, 0.2) is 11.5 Å². The summed E-state index contributed by atoms with van der Waals surface area (Å²) in [6.45, 7) is 16.7. The van der Waals surface area contributed by atoms with Gasteiger partial charge in [-0.1, -0.05) is 18.7 Å². The lowest BCUT2D eigenvalue weighted by Crippen LogP contribution is -2.61. The average molecular weight is 382 g/mol. The van der Waals surface area contributed by atoms with Crippen LogP contribution < -0.4 is 10.6 Å². The number of allylic oxidation sites excluding steroid dienone is 1. The molecule has 0 atom stereocenters. The molecule has 0 amide bonds.